The van der Waals surface area contributed by atoms with Gasteiger partial charge in [0.1, 0.15) is 17.1 Å². The highest BCUT2D eigenvalue weighted by atomic mass is 79.9. The highest BCUT2D eigenvalue weighted by molar-refractivity contribution is 9.10. The predicted octanol–water partition coefficient (Wildman–Crippen LogP) is 2.44. The first-order valence-corrected chi connectivity index (χ1v) is 6.08. The number of aryl methyl sites for hydroxylation is 1. The summed E-state index contributed by atoms with van der Waals surface area (Å²) in [6.45, 7) is 1.67. The summed E-state index contributed by atoms with van der Waals surface area (Å²) >= 11 is 3.34. The van der Waals surface area contributed by atoms with Gasteiger partial charge >= 0.3 is 6.09 Å². The molecule has 1 aromatic carbocycles. The van der Waals surface area contributed by atoms with Gasteiger partial charge in [-0.05, 0) is 25.1 Å². The van der Waals surface area contributed by atoms with Crippen LogP contribution in [0.4, 0.5) is 10.6 Å². The molecule has 0 spiro atoms. The van der Waals surface area contributed by atoms with E-state index in [1.165, 1.54) is 11.8 Å². The molecule has 7 nitrogen and oxygen atoms in total. The van der Waals surface area contributed by atoms with Crippen LogP contribution >= 0.6 is 15.9 Å². The number of methoxy groups -OCH3 is 1. The lowest BCUT2D eigenvalue weighted by Crippen LogP contribution is -2.13. The van der Waals surface area contributed by atoms with E-state index in [4.69, 9.17) is 9.84 Å². The summed E-state index contributed by atoms with van der Waals surface area (Å²) in [5, 5.41) is 18.9. The highest BCUT2D eigenvalue weighted by Crippen LogP contribution is 2.29. The molecule has 1 amide bonds. The Hall–Kier alpha value is -2.09. The number of rotatable bonds is 3. The van der Waals surface area contributed by atoms with Crippen molar-refractivity contribution in [2.24, 2.45) is 0 Å². The Morgan fingerprint density at radius 2 is 2.26 bits per heavy atom. The van der Waals surface area contributed by atoms with Crippen LogP contribution in [0.5, 0.6) is 5.75 Å². The lowest BCUT2D eigenvalue weighted by atomic mass is 10.3. The van der Waals surface area contributed by atoms with E-state index in [9.17, 15) is 4.79 Å². The molecule has 2 aromatic rings. The van der Waals surface area contributed by atoms with Gasteiger partial charge in [-0.3, -0.25) is 5.32 Å². The van der Waals surface area contributed by atoms with Crippen molar-refractivity contribution in [1.82, 2.24) is 15.0 Å². The fourth-order valence-electron chi connectivity index (χ4n) is 1.60. The summed E-state index contributed by atoms with van der Waals surface area (Å²) < 4.78 is 7.48. The second-order valence-electron chi connectivity index (χ2n) is 3.68. The molecule has 100 valence electrons. The molecular weight excluding hydrogens is 316 g/mol. The third-order valence-corrected chi connectivity index (χ3v) is 2.93. The molecule has 0 bridgehead atoms. The smallest absolute Gasteiger partial charge is 0.410 e. The second kappa shape index (κ2) is 5.27. The Balaban J connectivity index is 2.56. The second-order valence-corrected chi connectivity index (χ2v) is 4.60. The Labute approximate surface area is 117 Å². The summed E-state index contributed by atoms with van der Waals surface area (Å²) in [7, 11) is 1.53. The van der Waals surface area contributed by atoms with Gasteiger partial charge in [0.25, 0.3) is 0 Å². The fraction of sp³-hybridized carbons (Fsp3) is 0.182. The van der Waals surface area contributed by atoms with E-state index in [1.807, 2.05) is 0 Å². The van der Waals surface area contributed by atoms with Gasteiger partial charge in [-0.1, -0.05) is 21.1 Å². The van der Waals surface area contributed by atoms with Crippen LogP contribution in [0.2, 0.25) is 0 Å². The van der Waals surface area contributed by atoms with Crippen LogP contribution in [-0.2, 0) is 0 Å². The zero-order valence-electron chi connectivity index (χ0n) is 10.2. The number of nitrogens with zero attached hydrogens (tertiary/aromatic N) is 3. The molecule has 0 unspecified atom stereocenters. The van der Waals surface area contributed by atoms with Crippen molar-refractivity contribution in [2.75, 3.05) is 12.4 Å². The van der Waals surface area contributed by atoms with E-state index in [1.54, 1.807) is 25.1 Å². The molecule has 0 aliphatic rings. The van der Waals surface area contributed by atoms with E-state index in [2.05, 4.69) is 31.6 Å². The fourth-order valence-corrected chi connectivity index (χ4v) is 1.94. The van der Waals surface area contributed by atoms with E-state index in [-0.39, 0.29) is 5.82 Å². The predicted molar refractivity (Wildman–Crippen MR) is 72.0 cm³/mol. The monoisotopic (exact) mass is 326 g/mol. The SMILES string of the molecule is COc1cc(Br)ccc1-n1nnc(C)c1NC(=O)O. The summed E-state index contributed by atoms with van der Waals surface area (Å²) in [5.74, 6) is 0.834. The third-order valence-electron chi connectivity index (χ3n) is 2.43. The zero-order chi connectivity index (χ0) is 14.0. The molecule has 2 N–H and O–H groups in total. The van der Waals surface area contributed by atoms with Crippen molar-refractivity contribution >= 4 is 27.8 Å². The number of carbonyl (C=O) groups is 1. The normalized spacial score (nSPS) is 10.3. The molecule has 0 fully saturated rings. The van der Waals surface area contributed by atoms with Crippen LogP contribution < -0.4 is 10.1 Å². The Kier molecular flexibility index (Phi) is 3.70. The number of carboxylic acid groups (broad SMARTS) is 1. The number of anilines is 1. The first-order chi connectivity index (χ1) is 9.02. The third kappa shape index (κ3) is 2.68. The van der Waals surface area contributed by atoms with E-state index >= 15 is 0 Å². The number of aromatic nitrogens is 3. The molecule has 19 heavy (non-hydrogen) atoms. The number of halogens is 1. The van der Waals surface area contributed by atoms with Gasteiger partial charge < -0.3 is 9.84 Å². The molecule has 1 heterocycles. The lowest BCUT2D eigenvalue weighted by Gasteiger charge is -2.11. The first-order valence-electron chi connectivity index (χ1n) is 5.29. The molecule has 0 atom stereocenters. The van der Waals surface area contributed by atoms with Crippen molar-refractivity contribution in [2.45, 2.75) is 6.92 Å². The van der Waals surface area contributed by atoms with Crippen molar-refractivity contribution in [3.63, 3.8) is 0 Å². The van der Waals surface area contributed by atoms with Crippen LogP contribution in [0.3, 0.4) is 0 Å². The quantitative estimate of drug-likeness (QED) is 0.904. The number of hydrogen-bond acceptors (Lipinski definition) is 4. The van der Waals surface area contributed by atoms with Gasteiger partial charge in [-0.2, -0.15) is 4.68 Å². The molecule has 1 aromatic heterocycles. The molecule has 2 rings (SSSR count). The van der Waals surface area contributed by atoms with Gasteiger partial charge in [-0.25, -0.2) is 4.79 Å². The Bertz CT molecular complexity index is 626. The standard InChI is InChI=1S/C11H11BrN4O3/c1-6-10(13-11(17)18)16(15-14-6)8-4-3-7(12)5-9(8)19-2/h3-5,13H,1-2H3,(H,17,18). The highest BCUT2D eigenvalue weighted by Gasteiger charge is 2.16. The van der Waals surface area contributed by atoms with Crippen molar-refractivity contribution in [1.29, 1.82) is 0 Å². The molecular formula is C11H11BrN4O3. The first kappa shape index (κ1) is 13.3. The van der Waals surface area contributed by atoms with Gasteiger partial charge in [-0.15, -0.1) is 5.10 Å². The van der Waals surface area contributed by atoms with Gasteiger partial charge in [0.05, 0.1) is 7.11 Å². The van der Waals surface area contributed by atoms with Crippen LogP contribution in [0.25, 0.3) is 5.69 Å². The Morgan fingerprint density at radius 1 is 1.53 bits per heavy atom. The van der Waals surface area contributed by atoms with Gasteiger partial charge in [0, 0.05) is 4.47 Å². The average Bonchev–Trinajstić information content (AvgIpc) is 2.70. The van der Waals surface area contributed by atoms with Crippen molar-refractivity contribution in [3.05, 3.63) is 28.4 Å². The maximum absolute atomic E-state index is 10.8. The number of amides is 1. The maximum atomic E-state index is 10.8. The van der Waals surface area contributed by atoms with Crippen LogP contribution in [0.15, 0.2) is 22.7 Å². The summed E-state index contributed by atoms with van der Waals surface area (Å²) in [5.41, 5.74) is 1.07. The maximum Gasteiger partial charge on any atom is 0.410 e. The average molecular weight is 327 g/mol. The summed E-state index contributed by atoms with van der Waals surface area (Å²) in [6, 6.07) is 5.32. The molecule has 8 heteroatoms. The van der Waals surface area contributed by atoms with Crippen LogP contribution in [-0.4, -0.2) is 33.3 Å². The number of nitrogens with one attached hydrogen (secondary N) is 1. The minimum Gasteiger partial charge on any atom is -0.494 e. The van der Waals surface area contributed by atoms with E-state index < -0.39 is 6.09 Å². The van der Waals surface area contributed by atoms with Crippen molar-refractivity contribution < 1.29 is 14.6 Å². The van der Waals surface area contributed by atoms with E-state index in [0.717, 1.165) is 4.47 Å². The van der Waals surface area contributed by atoms with Gasteiger partial charge in [0.2, 0.25) is 0 Å². The summed E-state index contributed by atoms with van der Waals surface area (Å²) in [4.78, 5) is 10.8. The lowest BCUT2D eigenvalue weighted by molar-refractivity contribution is 0.209. The minimum absolute atomic E-state index is 0.285. The summed E-state index contributed by atoms with van der Waals surface area (Å²) in [6.07, 6.45) is -1.18. The number of hydrogen-bond donors (Lipinski definition) is 2. The minimum atomic E-state index is -1.18. The Morgan fingerprint density at radius 3 is 2.89 bits per heavy atom. The molecule has 0 aliphatic carbocycles. The number of benzene rings is 1. The molecule has 0 radical (unpaired) electrons. The number of ether oxygens (including phenoxy) is 1. The van der Waals surface area contributed by atoms with Crippen LogP contribution in [0, 0.1) is 6.92 Å². The van der Waals surface area contributed by atoms with Crippen LogP contribution in [0.1, 0.15) is 5.69 Å². The largest absolute Gasteiger partial charge is 0.494 e. The topological polar surface area (TPSA) is 89.3 Å². The molecule has 0 aliphatic heterocycles. The molecule has 0 saturated carbocycles. The molecule has 0 saturated heterocycles. The van der Waals surface area contributed by atoms with Crippen molar-refractivity contribution in [3.8, 4) is 11.4 Å². The zero-order valence-corrected chi connectivity index (χ0v) is 11.8. The van der Waals surface area contributed by atoms with E-state index in [0.29, 0.717) is 17.1 Å². The van der Waals surface area contributed by atoms with Gasteiger partial charge in [0.15, 0.2) is 5.82 Å².